The Bertz CT molecular complexity index is 383. The van der Waals surface area contributed by atoms with Crippen LogP contribution in [0.5, 0.6) is 0 Å². The van der Waals surface area contributed by atoms with Gasteiger partial charge in [-0.05, 0) is 38.8 Å². The van der Waals surface area contributed by atoms with Crippen LogP contribution in [0.1, 0.15) is 43.7 Å². The second-order valence-corrected chi connectivity index (χ2v) is 4.72. The highest BCUT2D eigenvalue weighted by Crippen LogP contribution is 2.18. The maximum absolute atomic E-state index is 11.6. The zero-order chi connectivity index (χ0) is 12.3. The van der Waals surface area contributed by atoms with E-state index in [9.17, 15) is 4.79 Å². The van der Waals surface area contributed by atoms with Gasteiger partial charge < -0.3 is 15.1 Å². The molecule has 2 N–H and O–H groups in total. The minimum Gasteiger partial charge on any atom is -0.464 e. The zero-order valence-electron chi connectivity index (χ0n) is 10.5. The fourth-order valence-corrected chi connectivity index (χ4v) is 1.75. The van der Waals surface area contributed by atoms with E-state index in [4.69, 9.17) is 4.42 Å². The number of aryl methyl sites for hydroxylation is 1. The van der Waals surface area contributed by atoms with Gasteiger partial charge in [-0.3, -0.25) is 4.79 Å². The smallest absolute Gasteiger partial charge is 0.221 e. The average molecular weight is 236 g/mol. The molecule has 1 aromatic rings. The first-order valence-corrected chi connectivity index (χ1v) is 6.24. The Kier molecular flexibility index (Phi) is 3.84. The van der Waals surface area contributed by atoms with Crippen molar-refractivity contribution in [1.29, 1.82) is 0 Å². The largest absolute Gasteiger partial charge is 0.464 e. The number of furan rings is 1. The molecule has 1 aliphatic carbocycles. The molecule has 0 aromatic carbocycles. The molecule has 4 nitrogen and oxygen atoms in total. The molecule has 1 aromatic heterocycles. The van der Waals surface area contributed by atoms with E-state index in [1.807, 2.05) is 26.0 Å². The molecule has 1 aliphatic rings. The normalized spacial score (nSPS) is 16.8. The third kappa shape index (κ3) is 3.89. The number of hydrogen-bond acceptors (Lipinski definition) is 3. The summed E-state index contributed by atoms with van der Waals surface area (Å²) in [5.74, 6) is 1.75. The maximum Gasteiger partial charge on any atom is 0.221 e. The van der Waals surface area contributed by atoms with E-state index in [-0.39, 0.29) is 11.9 Å². The summed E-state index contributed by atoms with van der Waals surface area (Å²) in [6, 6.07) is 4.42. The van der Waals surface area contributed by atoms with Crippen molar-refractivity contribution in [1.82, 2.24) is 10.6 Å². The van der Waals surface area contributed by atoms with Gasteiger partial charge in [0.1, 0.15) is 11.5 Å². The van der Waals surface area contributed by atoms with Crippen LogP contribution in [-0.4, -0.2) is 18.5 Å². The molecule has 4 heteroatoms. The Hall–Kier alpha value is -1.29. The first-order chi connectivity index (χ1) is 8.15. The van der Waals surface area contributed by atoms with Gasteiger partial charge in [0, 0.05) is 19.0 Å². The number of carbonyl (C=O) groups excluding carboxylic acids is 1. The highest BCUT2D eigenvalue weighted by Gasteiger charge is 2.20. The Morgan fingerprint density at radius 3 is 2.88 bits per heavy atom. The van der Waals surface area contributed by atoms with E-state index in [0.29, 0.717) is 12.5 Å². The molecule has 0 aliphatic heterocycles. The summed E-state index contributed by atoms with van der Waals surface area (Å²) in [6.07, 6.45) is 3.04. The second-order valence-electron chi connectivity index (χ2n) is 4.72. The fraction of sp³-hybridized carbons (Fsp3) is 0.615. The lowest BCUT2D eigenvalue weighted by atomic mass is 10.2. The summed E-state index contributed by atoms with van der Waals surface area (Å²) in [4.78, 5) is 11.6. The Labute approximate surface area is 102 Å². The summed E-state index contributed by atoms with van der Waals surface area (Å²) in [5.41, 5.74) is 0. The van der Waals surface area contributed by atoms with Crippen molar-refractivity contribution in [3.8, 4) is 0 Å². The Morgan fingerprint density at radius 1 is 1.53 bits per heavy atom. The summed E-state index contributed by atoms with van der Waals surface area (Å²) >= 11 is 0. The monoisotopic (exact) mass is 236 g/mol. The lowest BCUT2D eigenvalue weighted by molar-refractivity contribution is -0.121. The second kappa shape index (κ2) is 5.36. The first kappa shape index (κ1) is 12.2. The van der Waals surface area contributed by atoms with E-state index < -0.39 is 0 Å². The first-order valence-electron chi connectivity index (χ1n) is 6.24. The SMILES string of the molecule is Cc1ccc(C(C)NC(=O)CCNC2CC2)o1. The van der Waals surface area contributed by atoms with Gasteiger partial charge in [-0.25, -0.2) is 0 Å². The van der Waals surface area contributed by atoms with Crippen molar-refractivity contribution < 1.29 is 9.21 Å². The van der Waals surface area contributed by atoms with Crippen LogP contribution in [0.4, 0.5) is 0 Å². The van der Waals surface area contributed by atoms with Crippen LogP contribution in [0, 0.1) is 6.92 Å². The summed E-state index contributed by atoms with van der Waals surface area (Å²) < 4.78 is 5.47. The Balaban J connectivity index is 1.69. The van der Waals surface area contributed by atoms with Crippen molar-refractivity contribution in [2.45, 2.75) is 45.2 Å². The van der Waals surface area contributed by atoms with E-state index in [2.05, 4.69) is 10.6 Å². The highest BCUT2D eigenvalue weighted by atomic mass is 16.3. The topological polar surface area (TPSA) is 54.3 Å². The van der Waals surface area contributed by atoms with E-state index in [0.717, 1.165) is 18.1 Å². The number of nitrogens with one attached hydrogen (secondary N) is 2. The Morgan fingerprint density at radius 2 is 2.29 bits per heavy atom. The molecule has 2 rings (SSSR count). The molecule has 1 atom stereocenters. The molecular formula is C13H20N2O2. The molecule has 0 saturated heterocycles. The molecule has 0 radical (unpaired) electrons. The molecule has 1 saturated carbocycles. The van der Waals surface area contributed by atoms with Crippen LogP contribution < -0.4 is 10.6 Å². The molecule has 17 heavy (non-hydrogen) atoms. The quantitative estimate of drug-likeness (QED) is 0.793. The zero-order valence-corrected chi connectivity index (χ0v) is 10.5. The molecule has 1 heterocycles. The molecule has 1 fully saturated rings. The van der Waals surface area contributed by atoms with E-state index in [1.165, 1.54) is 12.8 Å². The van der Waals surface area contributed by atoms with Crippen molar-refractivity contribution in [3.63, 3.8) is 0 Å². The van der Waals surface area contributed by atoms with Crippen LogP contribution in [0.3, 0.4) is 0 Å². The number of amides is 1. The minimum absolute atomic E-state index is 0.0582. The number of carbonyl (C=O) groups is 1. The molecule has 0 spiro atoms. The van der Waals surface area contributed by atoms with Crippen LogP contribution in [0.2, 0.25) is 0 Å². The fourth-order valence-electron chi connectivity index (χ4n) is 1.75. The van der Waals surface area contributed by atoms with Crippen LogP contribution in [-0.2, 0) is 4.79 Å². The van der Waals surface area contributed by atoms with Gasteiger partial charge in [-0.15, -0.1) is 0 Å². The summed E-state index contributed by atoms with van der Waals surface area (Å²) in [5, 5.41) is 6.25. The number of hydrogen-bond donors (Lipinski definition) is 2. The third-order valence-electron chi connectivity index (χ3n) is 2.93. The van der Waals surface area contributed by atoms with Crippen LogP contribution in [0.15, 0.2) is 16.5 Å². The minimum atomic E-state index is -0.0582. The van der Waals surface area contributed by atoms with Gasteiger partial charge in [0.05, 0.1) is 6.04 Å². The van der Waals surface area contributed by atoms with Gasteiger partial charge in [-0.1, -0.05) is 0 Å². The van der Waals surface area contributed by atoms with Gasteiger partial charge >= 0.3 is 0 Å². The lowest BCUT2D eigenvalue weighted by Gasteiger charge is -2.11. The third-order valence-corrected chi connectivity index (χ3v) is 2.93. The average Bonchev–Trinajstić information content (AvgIpc) is 2.99. The molecule has 1 unspecified atom stereocenters. The summed E-state index contributed by atoms with van der Waals surface area (Å²) in [6.45, 7) is 4.60. The van der Waals surface area contributed by atoms with Crippen LogP contribution >= 0.6 is 0 Å². The van der Waals surface area contributed by atoms with E-state index in [1.54, 1.807) is 0 Å². The van der Waals surface area contributed by atoms with Crippen molar-refractivity contribution in [2.24, 2.45) is 0 Å². The van der Waals surface area contributed by atoms with Crippen molar-refractivity contribution in [3.05, 3.63) is 23.7 Å². The summed E-state index contributed by atoms with van der Waals surface area (Å²) in [7, 11) is 0. The van der Waals surface area contributed by atoms with Gasteiger partial charge in [0.25, 0.3) is 0 Å². The highest BCUT2D eigenvalue weighted by molar-refractivity contribution is 5.76. The standard InChI is InChI=1S/C13H20N2O2/c1-9-3-6-12(17-9)10(2)15-13(16)7-8-14-11-4-5-11/h3,6,10-11,14H,4-5,7-8H2,1-2H3,(H,15,16). The van der Waals surface area contributed by atoms with Crippen molar-refractivity contribution in [2.75, 3.05) is 6.54 Å². The van der Waals surface area contributed by atoms with Gasteiger partial charge in [-0.2, -0.15) is 0 Å². The molecule has 0 bridgehead atoms. The van der Waals surface area contributed by atoms with E-state index >= 15 is 0 Å². The van der Waals surface area contributed by atoms with Crippen LogP contribution in [0.25, 0.3) is 0 Å². The van der Waals surface area contributed by atoms with Crippen molar-refractivity contribution >= 4 is 5.91 Å². The van der Waals surface area contributed by atoms with Gasteiger partial charge in [0.15, 0.2) is 0 Å². The number of rotatable bonds is 6. The maximum atomic E-state index is 11.6. The lowest BCUT2D eigenvalue weighted by Crippen LogP contribution is -2.30. The van der Waals surface area contributed by atoms with Gasteiger partial charge in [0.2, 0.25) is 5.91 Å². The molecule has 1 amide bonds. The molecule has 94 valence electrons. The predicted octanol–water partition coefficient (Wildman–Crippen LogP) is 1.91. The molecular weight excluding hydrogens is 216 g/mol. The predicted molar refractivity (Wildman–Crippen MR) is 65.6 cm³/mol.